The molecule has 1 spiro atoms. The van der Waals surface area contributed by atoms with E-state index in [1.165, 1.54) is 12.7 Å². The summed E-state index contributed by atoms with van der Waals surface area (Å²) in [6, 6.07) is 11.1. The average Bonchev–Trinajstić information content (AvgIpc) is 3.87. The Morgan fingerprint density at radius 2 is 1.88 bits per heavy atom. The molecule has 2 bridgehead atoms. The van der Waals surface area contributed by atoms with Crippen molar-refractivity contribution < 1.29 is 34.0 Å². The summed E-state index contributed by atoms with van der Waals surface area (Å²) in [6.45, 7) is 9.64. The number of esters is 1. The highest BCUT2D eigenvalue weighted by Crippen LogP contribution is 2.67. The smallest absolute Gasteiger partial charge is 0.447 e. The number of aliphatic hydroxyl groups excluding tert-OH is 1. The molecule has 1 amide bonds. The molecule has 1 aliphatic carbocycles. The van der Waals surface area contributed by atoms with Crippen LogP contribution in [0.2, 0.25) is 0 Å². The summed E-state index contributed by atoms with van der Waals surface area (Å²) < 4.78 is 13.0. The number of likely N-dealkylation sites (N-methyl/N-ethyl adjacent to an activating group) is 2. The lowest BCUT2D eigenvalue weighted by atomic mass is 9.47. The number of benzene rings is 2. The van der Waals surface area contributed by atoms with Gasteiger partial charge in [-0.05, 0) is 68.3 Å². The number of nitrogens with zero attached hydrogens (tertiary/aromatic N) is 4. The Morgan fingerprint density at radius 3 is 2.59 bits per heavy atom. The summed E-state index contributed by atoms with van der Waals surface area (Å²) in [4.78, 5) is 40.3. The monoisotopic (exact) mass is 763 g/mol. The van der Waals surface area contributed by atoms with E-state index in [0.29, 0.717) is 50.2 Å². The van der Waals surface area contributed by atoms with Crippen LogP contribution in [-0.4, -0.2) is 119 Å². The van der Waals surface area contributed by atoms with Crippen LogP contribution in [0.25, 0.3) is 10.9 Å². The van der Waals surface area contributed by atoms with Crippen molar-refractivity contribution in [1.29, 1.82) is 5.53 Å². The molecule has 2 aromatic carbocycles. The molecule has 6 aliphatic rings. The summed E-state index contributed by atoms with van der Waals surface area (Å²) in [6.07, 6.45) is 7.37. The van der Waals surface area contributed by atoms with E-state index in [9.17, 15) is 15.0 Å². The number of hydrogen-bond donors (Lipinski definition) is 4. The average molecular weight is 764 g/mol. The van der Waals surface area contributed by atoms with E-state index in [1.807, 2.05) is 43.1 Å². The number of carbonyl (C=O) groups excluding carboxylic acids is 2. The number of para-hydroxylation sites is 1. The number of fused-ring (bicyclic) bond motifs is 6. The van der Waals surface area contributed by atoms with Crippen molar-refractivity contribution >= 4 is 28.5 Å². The summed E-state index contributed by atoms with van der Waals surface area (Å²) in [7, 11) is 4.96. The Hall–Kier alpha value is -4.36. The molecule has 4 N–H and O–H groups in total. The van der Waals surface area contributed by atoms with Crippen LogP contribution < -0.4 is 9.64 Å². The molecule has 12 nitrogen and oxygen atoms in total. The molecule has 3 aromatic rings. The van der Waals surface area contributed by atoms with Crippen LogP contribution in [0.1, 0.15) is 68.8 Å². The van der Waals surface area contributed by atoms with E-state index in [0.717, 1.165) is 57.6 Å². The van der Waals surface area contributed by atoms with Gasteiger partial charge in [-0.25, -0.2) is 4.79 Å². The largest absolute Gasteiger partial charge is 0.496 e. The molecule has 6 heterocycles. The Balaban J connectivity index is 1.37. The second-order valence-electron chi connectivity index (χ2n) is 17.1. The van der Waals surface area contributed by atoms with E-state index < -0.39 is 39.9 Å². The number of nitrogens with one attached hydrogen (secondary N) is 2. The maximum atomic E-state index is 15.1. The standard InChI is InChI=1S/C44H55N6O6/c1-7-26-19-27-22-43(40(53)56-6,35-29(25-48(23-26)24-27)28-13-10-11-14-32(28)46-35)31-20-30-33(21-34(31)55-5)47(4)37-42(30)16-18-49-17-12-15-41(8-2,36(42)49)38(51)44(37,54)39(52)50(45)9-3/h10-15,19-21,27,36-38,45-46,51,54H,7-9,16-18,22-25H2,1-6H3/q+1/t27-,36-,37+,38+,41+,42+,43-,44-/m0/s1. The van der Waals surface area contributed by atoms with Crippen molar-refractivity contribution in [2.24, 2.45) is 11.3 Å². The number of amides is 1. The fraction of sp³-hybridized carbons (Fsp3) is 0.545. The minimum Gasteiger partial charge on any atom is -0.496 e. The van der Waals surface area contributed by atoms with Crippen LogP contribution in [0.3, 0.4) is 0 Å². The van der Waals surface area contributed by atoms with E-state index in [1.54, 1.807) is 14.0 Å². The van der Waals surface area contributed by atoms with E-state index in [2.05, 4.69) is 52.1 Å². The Kier molecular flexibility index (Phi) is 8.53. The van der Waals surface area contributed by atoms with Crippen LogP contribution in [0, 0.1) is 16.9 Å². The highest BCUT2D eigenvalue weighted by molar-refractivity contribution is 5.95. The SMILES string of the molecule is CCC1=C[C@@H]2CN(C1)Cc1c([nH]c3ccccc13)[C@@](C(=O)OC)(c1cc3c(cc1OC)N(C)[C@H]1[C@@](O)(C(=O)[N+](=N)CC)[C@H](O)[C@]4(CC)C=CCN5CC[C@]31[C@@H]54)C2. The van der Waals surface area contributed by atoms with Gasteiger partial charge in [-0.2, -0.15) is 0 Å². The molecule has 296 valence electrons. The molecule has 1 saturated carbocycles. The predicted octanol–water partition coefficient (Wildman–Crippen LogP) is 4.60. The lowest BCUT2D eigenvalue weighted by molar-refractivity contribution is -0.543. The second kappa shape index (κ2) is 12.8. The molecule has 5 aliphatic heterocycles. The molecular weight excluding hydrogens is 709 g/mol. The molecule has 1 saturated heterocycles. The van der Waals surface area contributed by atoms with Gasteiger partial charge in [0.15, 0.2) is 6.54 Å². The van der Waals surface area contributed by atoms with Gasteiger partial charge in [0.05, 0.1) is 20.3 Å². The zero-order valence-electron chi connectivity index (χ0n) is 33.4. The highest BCUT2D eigenvalue weighted by atomic mass is 16.5. The Morgan fingerprint density at radius 1 is 1.09 bits per heavy atom. The molecule has 9 atom stereocenters. The van der Waals surface area contributed by atoms with Gasteiger partial charge in [0.1, 0.15) is 17.3 Å². The van der Waals surface area contributed by atoms with Gasteiger partial charge in [0.2, 0.25) is 5.60 Å². The van der Waals surface area contributed by atoms with Crippen LogP contribution >= 0.6 is 0 Å². The Labute approximate surface area is 328 Å². The van der Waals surface area contributed by atoms with Gasteiger partial charge >= 0.3 is 11.9 Å². The number of rotatable bonds is 7. The highest BCUT2D eigenvalue weighted by Gasteiger charge is 2.80. The van der Waals surface area contributed by atoms with E-state index in [4.69, 9.17) is 15.0 Å². The van der Waals surface area contributed by atoms with Gasteiger partial charge < -0.3 is 29.6 Å². The Bertz CT molecular complexity index is 2230. The number of ether oxygens (including phenoxy) is 2. The first-order valence-corrected chi connectivity index (χ1v) is 20.3. The fourth-order valence-electron chi connectivity index (χ4n) is 12.7. The van der Waals surface area contributed by atoms with Crippen molar-refractivity contribution in [1.82, 2.24) is 14.8 Å². The number of carbonyl (C=O) groups is 2. The number of anilines is 1. The van der Waals surface area contributed by atoms with Crippen molar-refractivity contribution in [2.45, 2.75) is 87.6 Å². The molecular formula is C44H55N6O6+. The predicted molar refractivity (Wildman–Crippen MR) is 211 cm³/mol. The molecule has 12 heteroatoms. The normalized spacial score (nSPS) is 35.5. The molecule has 2 fully saturated rings. The second-order valence-corrected chi connectivity index (χ2v) is 17.1. The number of aromatic amines is 1. The fourth-order valence-corrected chi connectivity index (χ4v) is 12.7. The van der Waals surface area contributed by atoms with Crippen molar-refractivity contribution in [3.05, 3.63) is 82.6 Å². The summed E-state index contributed by atoms with van der Waals surface area (Å²) >= 11 is 0. The van der Waals surface area contributed by atoms with E-state index >= 15 is 4.79 Å². The summed E-state index contributed by atoms with van der Waals surface area (Å²) in [5.74, 6) is -0.669. The molecule has 1 aromatic heterocycles. The first-order chi connectivity index (χ1) is 26.9. The zero-order valence-corrected chi connectivity index (χ0v) is 33.4. The molecule has 0 radical (unpaired) electrons. The topological polar surface area (TPSA) is 145 Å². The zero-order chi connectivity index (χ0) is 39.5. The van der Waals surface area contributed by atoms with Crippen LogP contribution in [0.15, 0.2) is 60.2 Å². The quantitative estimate of drug-likeness (QED) is 0.118. The first-order valence-electron chi connectivity index (χ1n) is 20.3. The molecule has 56 heavy (non-hydrogen) atoms. The van der Waals surface area contributed by atoms with Gasteiger partial charge in [0.25, 0.3) is 0 Å². The molecule has 1 unspecified atom stereocenters. The minimum absolute atomic E-state index is 0.0340. The third kappa shape index (κ3) is 4.49. The van der Waals surface area contributed by atoms with Crippen LogP contribution in [0.5, 0.6) is 5.75 Å². The number of aliphatic hydroxyl groups is 2. The van der Waals surface area contributed by atoms with Gasteiger partial charge in [0, 0.05) is 84.0 Å². The van der Waals surface area contributed by atoms with Crippen LogP contribution in [-0.2, 0) is 31.7 Å². The number of hydrogen-bond acceptors (Lipinski definition) is 10. The third-order valence-corrected chi connectivity index (χ3v) is 14.9. The minimum atomic E-state index is -2.33. The maximum absolute atomic E-state index is 15.1. The lowest BCUT2D eigenvalue weighted by Gasteiger charge is -2.62. The summed E-state index contributed by atoms with van der Waals surface area (Å²) in [5, 5.41) is 26.8. The van der Waals surface area contributed by atoms with Gasteiger partial charge in [-0.3, -0.25) is 14.6 Å². The van der Waals surface area contributed by atoms with E-state index in [-0.39, 0.29) is 24.5 Å². The third-order valence-electron chi connectivity index (χ3n) is 14.9. The van der Waals surface area contributed by atoms with Crippen molar-refractivity contribution in [2.75, 3.05) is 58.9 Å². The van der Waals surface area contributed by atoms with Crippen LogP contribution in [0.4, 0.5) is 5.69 Å². The number of aromatic nitrogens is 1. The maximum Gasteiger partial charge on any atom is 0.447 e. The number of methoxy groups -OCH3 is 2. The van der Waals surface area contributed by atoms with Gasteiger partial charge in [-0.1, -0.05) is 66.1 Å². The summed E-state index contributed by atoms with van der Waals surface area (Å²) in [5.41, 5.74) is 9.66. The number of H-pyrrole nitrogens is 1. The van der Waals surface area contributed by atoms with Crippen molar-refractivity contribution in [3.8, 4) is 5.75 Å². The van der Waals surface area contributed by atoms with Crippen molar-refractivity contribution in [3.63, 3.8) is 0 Å². The lowest BCUT2D eigenvalue weighted by Crippen LogP contribution is -2.81. The van der Waals surface area contributed by atoms with Gasteiger partial charge in [-0.15, -0.1) is 0 Å². The first kappa shape index (κ1) is 37.2. The molecule has 9 rings (SSSR count).